The second-order valence-corrected chi connectivity index (χ2v) is 6.34. The molecule has 5 heteroatoms. The first-order valence-electron chi connectivity index (χ1n) is 7.38. The molecule has 0 aliphatic rings. The molecular weight excluding hydrogens is 268 g/mol. The lowest BCUT2D eigenvalue weighted by atomic mass is 10.2. The molecule has 2 aromatic rings. The molecule has 2 heterocycles. The van der Waals surface area contributed by atoms with Crippen molar-refractivity contribution >= 4 is 33.3 Å². The molecule has 2 rings (SSSR count). The van der Waals surface area contributed by atoms with Crippen LogP contribution in [-0.2, 0) is 0 Å². The minimum atomic E-state index is 0.735. The van der Waals surface area contributed by atoms with E-state index >= 15 is 0 Å². The molecule has 0 amide bonds. The summed E-state index contributed by atoms with van der Waals surface area (Å²) in [5.41, 5.74) is 0. The van der Waals surface area contributed by atoms with Gasteiger partial charge in [0.05, 0.1) is 5.39 Å². The van der Waals surface area contributed by atoms with Crippen molar-refractivity contribution in [3.63, 3.8) is 0 Å². The van der Waals surface area contributed by atoms with E-state index in [9.17, 15) is 0 Å². The highest BCUT2D eigenvalue weighted by atomic mass is 32.1. The summed E-state index contributed by atoms with van der Waals surface area (Å²) >= 11 is 1.73. The van der Waals surface area contributed by atoms with Gasteiger partial charge in [-0.15, -0.1) is 11.3 Å². The molecule has 110 valence electrons. The van der Waals surface area contributed by atoms with Crippen LogP contribution in [0.4, 0.5) is 11.8 Å². The van der Waals surface area contributed by atoms with Gasteiger partial charge in [-0.1, -0.05) is 19.8 Å². The minimum Gasteiger partial charge on any atom is -0.359 e. The maximum absolute atomic E-state index is 4.69. The Morgan fingerprint density at radius 1 is 1.25 bits per heavy atom. The smallest absolute Gasteiger partial charge is 0.226 e. The number of nitrogens with zero attached hydrogens (tertiary/aromatic N) is 3. The fourth-order valence-corrected chi connectivity index (χ4v) is 3.13. The van der Waals surface area contributed by atoms with Gasteiger partial charge < -0.3 is 10.2 Å². The summed E-state index contributed by atoms with van der Waals surface area (Å²) < 4.78 is 0. The predicted molar refractivity (Wildman–Crippen MR) is 89.1 cm³/mol. The van der Waals surface area contributed by atoms with Crippen molar-refractivity contribution in [2.75, 3.05) is 30.4 Å². The number of aryl methyl sites for hydroxylation is 1. The van der Waals surface area contributed by atoms with Gasteiger partial charge in [0.15, 0.2) is 0 Å². The molecule has 2 aromatic heterocycles. The monoisotopic (exact) mass is 292 g/mol. The van der Waals surface area contributed by atoms with Gasteiger partial charge in [-0.05, 0) is 26.3 Å². The highest BCUT2D eigenvalue weighted by Crippen LogP contribution is 2.31. The van der Waals surface area contributed by atoms with Crippen molar-refractivity contribution in [3.05, 3.63) is 10.9 Å². The van der Waals surface area contributed by atoms with E-state index in [-0.39, 0.29) is 0 Å². The predicted octanol–water partition coefficient (Wildman–Crippen LogP) is 4.06. The lowest BCUT2D eigenvalue weighted by Gasteiger charge is -2.19. The Balaban J connectivity index is 2.33. The molecule has 1 N–H and O–H groups in total. The summed E-state index contributed by atoms with van der Waals surface area (Å²) in [5.74, 6) is 1.78. The van der Waals surface area contributed by atoms with Gasteiger partial charge in [0.25, 0.3) is 0 Å². The van der Waals surface area contributed by atoms with Crippen LogP contribution in [0.5, 0.6) is 0 Å². The maximum Gasteiger partial charge on any atom is 0.226 e. The molecule has 0 radical (unpaired) electrons. The molecule has 0 aliphatic carbocycles. The summed E-state index contributed by atoms with van der Waals surface area (Å²) in [4.78, 5) is 13.9. The number of anilines is 2. The lowest BCUT2D eigenvalue weighted by molar-refractivity contribution is 0.702. The van der Waals surface area contributed by atoms with Gasteiger partial charge in [0, 0.05) is 25.0 Å². The zero-order valence-electron chi connectivity index (χ0n) is 12.9. The Morgan fingerprint density at radius 3 is 2.75 bits per heavy atom. The van der Waals surface area contributed by atoms with Crippen LogP contribution >= 0.6 is 11.3 Å². The number of thiophene rings is 1. The number of unbranched alkanes of at least 4 members (excludes halogenated alkanes) is 2. The van der Waals surface area contributed by atoms with E-state index in [1.54, 1.807) is 11.3 Å². The number of hydrogen-bond acceptors (Lipinski definition) is 5. The Morgan fingerprint density at radius 2 is 2.05 bits per heavy atom. The van der Waals surface area contributed by atoms with Crippen molar-refractivity contribution < 1.29 is 0 Å². The summed E-state index contributed by atoms with van der Waals surface area (Å²) in [7, 11) is 2.13. The molecule has 0 unspecified atom stereocenters. The van der Waals surface area contributed by atoms with Crippen molar-refractivity contribution in [3.8, 4) is 0 Å². The van der Waals surface area contributed by atoms with E-state index < -0.39 is 0 Å². The Hall–Kier alpha value is -1.36. The van der Waals surface area contributed by atoms with Crippen LogP contribution in [0.2, 0.25) is 0 Å². The first-order chi connectivity index (χ1) is 9.65. The number of nitrogens with one attached hydrogen (secondary N) is 1. The molecule has 0 spiro atoms. The topological polar surface area (TPSA) is 41.1 Å². The first kappa shape index (κ1) is 15.0. The highest BCUT2D eigenvalue weighted by molar-refractivity contribution is 7.18. The molecule has 0 bridgehead atoms. The fourth-order valence-electron chi connectivity index (χ4n) is 2.26. The van der Waals surface area contributed by atoms with Crippen LogP contribution in [-0.4, -0.2) is 30.1 Å². The van der Waals surface area contributed by atoms with E-state index in [0.29, 0.717) is 0 Å². The van der Waals surface area contributed by atoms with Gasteiger partial charge in [0.1, 0.15) is 10.6 Å². The first-order valence-corrected chi connectivity index (χ1v) is 8.20. The Kier molecular flexibility index (Phi) is 5.17. The van der Waals surface area contributed by atoms with Crippen LogP contribution < -0.4 is 10.2 Å². The molecule has 0 saturated heterocycles. The third-order valence-corrected chi connectivity index (χ3v) is 4.23. The number of fused-ring (bicyclic) bond motifs is 1. The van der Waals surface area contributed by atoms with Crippen molar-refractivity contribution in [1.82, 2.24) is 9.97 Å². The van der Waals surface area contributed by atoms with Gasteiger partial charge in [0.2, 0.25) is 5.95 Å². The fraction of sp³-hybridized carbons (Fsp3) is 0.600. The zero-order valence-corrected chi connectivity index (χ0v) is 13.7. The largest absolute Gasteiger partial charge is 0.359 e. The van der Waals surface area contributed by atoms with E-state index in [2.05, 4.69) is 49.1 Å². The third-order valence-electron chi connectivity index (χ3n) is 3.29. The minimum absolute atomic E-state index is 0.735. The van der Waals surface area contributed by atoms with Crippen molar-refractivity contribution in [1.29, 1.82) is 0 Å². The molecule has 0 aromatic carbocycles. The normalized spacial score (nSPS) is 11.0. The van der Waals surface area contributed by atoms with Crippen molar-refractivity contribution in [2.24, 2.45) is 0 Å². The van der Waals surface area contributed by atoms with Crippen LogP contribution in [0.3, 0.4) is 0 Å². The standard InChI is InChI=1S/C15H24N4S/c1-5-7-8-9-19(4)13-12-10-11(3)20-14(12)18-15(17-13)16-6-2/h10H,5-9H2,1-4H3,(H,16,17,18). The average Bonchev–Trinajstić information content (AvgIpc) is 2.78. The number of aromatic nitrogens is 2. The quantitative estimate of drug-likeness (QED) is 0.781. The molecule has 0 fully saturated rings. The second kappa shape index (κ2) is 6.88. The maximum atomic E-state index is 4.69. The van der Waals surface area contributed by atoms with Crippen LogP contribution in [0.25, 0.3) is 10.2 Å². The van der Waals surface area contributed by atoms with Gasteiger partial charge in [-0.3, -0.25) is 0 Å². The molecule has 0 aliphatic heterocycles. The van der Waals surface area contributed by atoms with E-state index in [1.165, 1.54) is 29.5 Å². The summed E-state index contributed by atoms with van der Waals surface area (Å²) in [6.45, 7) is 8.31. The van der Waals surface area contributed by atoms with Gasteiger partial charge >= 0.3 is 0 Å². The summed E-state index contributed by atoms with van der Waals surface area (Å²) in [6.07, 6.45) is 3.71. The zero-order chi connectivity index (χ0) is 14.5. The van der Waals surface area contributed by atoms with Crippen LogP contribution in [0.15, 0.2) is 6.07 Å². The molecule has 20 heavy (non-hydrogen) atoms. The molecule has 0 saturated carbocycles. The molecular formula is C15H24N4S. The van der Waals surface area contributed by atoms with E-state index in [0.717, 1.165) is 29.7 Å². The lowest BCUT2D eigenvalue weighted by Crippen LogP contribution is -2.20. The summed E-state index contributed by atoms with van der Waals surface area (Å²) in [6, 6.07) is 2.20. The van der Waals surface area contributed by atoms with E-state index in [4.69, 9.17) is 4.98 Å². The SMILES string of the molecule is CCCCCN(C)c1nc(NCC)nc2sc(C)cc12. The van der Waals surface area contributed by atoms with Crippen LogP contribution in [0.1, 0.15) is 38.0 Å². The van der Waals surface area contributed by atoms with Gasteiger partial charge in [-0.25, -0.2) is 4.98 Å². The Bertz CT molecular complexity index is 564. The van der Waals surface area contributed by atoms with E-state index in [1.807, 2.05) is 0 Å². The van der Waals surface area contributed by atoms with Crippen LogP contribution in [0, 0.1) is 6.92 Å². The second-order valence-electron chi connectivity index (χ2n) is 5.11. The number of rotatable bonds is 7. The Labute approximate surface area is 125 Å². The molecule has 4 nitrogen and oxygen atoms in total. The third kappa shape index (κ3) is 3.39. The van der Waals surface area contributed by atoms with Crippen molar-refractivity contribution in [2.45, 2.75) is 40.0 Å². The molecule has 0 atom stereocenters. The highest BCUT2D eigenvalue weighted by Gasteiger charge is 2.13. The van der Waals surface area contributed by atoms with Gasteiger partial charge in [-0.2, -0.15) is 4.98 Å². The average molecular weight is 292 g/mol. The number of hydrogen-bond donors (Lipinski definition) is 1. The summed E-state index contributed by atoms with van der Waals surface area (Å²) in [5, 5.41) is 4.40.